The molecule has 0 fully saturated rings. The monoisotopic (exact) mass is 315 g/mol. The van der Waals surface area contributed by atoms with Gasteiger partial charge in [-0.3, -0.25) is 0 Å². The van der Waals surface area contributed by atoms with Gasteiger partial charge >= 0.3 is 5.97 Å². The maximum atomic E-state index is 11.7. The average Bonchev–Trinajstić information content (AvgIpc) is 2.50. The van der Waals surface area contributed by atoms with Gasteiger partial charge in [0.25, 0.3) is 0 Å². The van der Waals surface area contributed by atoms with Crippen molar-refractivity contribution < 1.29 is 22.7 Å². The fraction of sp³-hybridized carbons (Fsp3) is 0.500. The van der Waals surface area contributed by atoms with Crippen molar-refractivity contribution in [2.24, 2.45) is 0 Å². The summed E-state index contributed by atoms with van der Waals surface area (Å²) in [4.78, 5) is 11.6. The number of rotatable bonds is 8. The van der Waals surface area contributed by atoms with Crippen molar-refractivity contribution in [3.63, 3.8) is 0 Å². The lowest BCUT2D eigenvalue weighted by Crippen LogP contribution is -2.26. The van der Waals surface area contributed by atoms with Crippen LogP contribution in [0.15, 0.2) is 18.2 Å². The van der Waals surface area contributed by atoms with Gasteiger partial charge in [0.2, 0.25) is 10.0 Å². The minimum atomic E-state index is -3.29. The minimum Gasteiger partial charge on any atom is -0.496 e. The Balaban J connectivity index is 2.83. The van der Waals surface area contributed by atoms with Gasteiger partial charge in [-0.25, -0.2) is 17.9 Å². The number of carbonyl (C=O) groups excluding carboxylic acids is 1. The van der Waals surface area contributed by atoms with Gasteiger partial charge in [0, 0.05) is 6.54 Å². The van der Waals surface area contributed by atoms with Crippen LogP contribution in [0.2, 0.25) is 0 Å². The molecule has 21 heavy (non-hydrogen) atoms. The molecule has 118 valence electrons. The van der Waals surface area contributed by atoms with Crippen LogP contribution in [-0.4, -0.2) is 34.4 Å². The number of hydrogen-bond donors (Lipinski definition) is 1. The van der Waals surface area contributed by atoms with Crippen LogP contribution >= 0.6 is 0 Å². The number of esters is 1. The molecule has 1 aromatic carbocycles. The Labute approximate surface area is 125 Å². The fourth-order valence-electron chi connectivity index (χ4n) is 1.73. The highest BCUT2D eigenvalue weighted by Crippen LogP contribution is 2.20. The molecule has 0 bridgehead atoms. The highest BCUT2D eigenvalue weighted by Gasteiger charge is 2.15. The first-order valence-electron chi connectivity index (χ1n) is 6.66. The molecular weight excluding hydrogens is 294 g/mol. The van der Waals surface area contributed by atoms with E-state index in [1.165, 1.54) is 14.2 Å². The lowest BCUT2D eigenvalue weighted by Gasteiger charge is -2.10. The Hall–Kier alpha value is -1.60. The van der Waals surface area contributed by atoms with Gasteiger partial charge in [0.15, 0.2) is 0 Å². The van der Waals surface area contributed by atoms with E-state index in [2.05, 4.69) is 9.46 Å². The molecule has 0 radical (unpaired) electrons. The third-order valence-electron chi connectivity index (χ3n) is 2.93. The summed E-state index contributed by atoms with van der Waals surface area (Å²) in [6.45, 7) is 2.06. The predicted molar refractivity (Wildman–Crippen MR) is 79.9 cm³/mol. The Bertz CT molecular complexity index is 583. The van der Waals surface area contributed by atoms with Crippen molar-refractivity contribution >= 4 is 16.0 Å². The molecule has 1 rings (SSSR count). The van der Waals surface area contributed by atoms with Crippen molar-refractivity contribution in [2.45, 2.75) is 26.3 Å². The summed E-state index contributed by atoms with van der Waals surface area (Å²) >= 11 is 0. The van der Waals surface area contributed by atoms with Crippen molar-refractivity contribution in [3.05, 3.63) is 29.3 Å². The standard InChI is InChI=1S/C14H21NO5S/c1-4-5-8-21(17,18)15-10-11-6-7-13(19-2)12(9-11)14(16)20-3/h6-7,9,15H,4-5,8,10H2,1-3H3. The summed E-state index contributed by atoms with van der Waals surface area (Å²) in [7, 11) is -0.561. The number of methoxy groups -OCH3 is 2. The van der Waals surface area contributed by atoms with E-state index in [9.17, 15) is 13.2 Å². The quantitative estimate of drug-likeness (QED) is 0.738. The zero-order valence-electron chi connectivity index (χ0n) is 12.5. The molecule has 7 heteroatoms. The molecule has 0 heterocycles. The molecule has 0 aliphatic heterocycles. The molecule has 0 atom stereocenters. The van der Waals surface area contributed by atoms with E-state index in [0.717, 1.165) is 6.42 Å². The van der Waals surface area contributed by atoms with Crippen molar-refractivity contribution in [1.29, 1.82) is 0 Å². The molecule has 0 amide bonds. The van der Waals surface area contributed by atoms with Crippen LogP contribution < -0.4 is 9.46 Å². The largest absolute Gasteiger partial charge is 0.496 e. The maximum absolute atomic E-state index is 11.7. The van der Waals surface area contributed by atoms with Crippen molar-refractivity contribution in [1.82, 2.24) is 4.72 Å². The SMILES string of the molecule is CCCCS(=O)(=O)NCc1ccc(OC)c(C(=O)OC)c1. The number of ether oxygens (including phenoxy) is 2. The molecule has 0 aliphatic rings. The smallest absolute Gasteiger partial charge is 0.341 e. The maximum Gasteiger partial charge on any atom is 0.341 e. The molecule has 0 spiro atoms. The number of carbonyl (C=O) groups is 1. The lowest BCUT2D eigenvalue weighted by atomic mass is 10.1. The third kappa shape index (κ3) is 5.35. The normalized spacial score (nSPS) is 11.2. The first-order valence-corrected chi connectivity index (χ1v) is 8.31. The number of unbranched alkanes of at least 4 members (excludes halogenated alkanes) is 1. The second-order valence-corrected chi connectivity index (χ2v) is 6.45. The van der Waals surface area contributed by atoms with E-state index in [0.29, 0.717) is 17.7 Å². The van der Waals surface area contributed by atoms with Crippen LogP contribution in [-0.2, 0) is 21.3 Å². The highest BCUT2D eigenvalue weighted by molar-refractivity contribution is 7.89. The molecule has 0 aromatic heterocycles. The molecule has 1 N–H and O–H groups in total. The Morgan fingerprint density at radius 1 is 1.29 bits per heavy atom. The zero-order valence-corrected chi connectivity index (χ0v) is 13.3. The number of sulfonamides is 1. The topological polar surface area (TPSA) is 81.7 Å². The fourth-order valence-corrected chi connectivity index (χ4v) is 2.93. The lowest BCUT2D eigenvalue weighted by molar-refractivity contribution is 0.0597. The molecule has 1 aromatic rings. The van der Waals surface area contributed by atoms with Crippen molar-refractivity contribution in [2.75, 3.05) is 20.0 Å². The minimum absolute atomic E-state index is 0.101. The van der Waals surface area contributed by atoms with Gasteiger partial charge in [0.1, 0.15) is 11.3 Å². The van der Waals surface area contributed by atoms with Crippen LogP contribution in [0.3, 0.4) is 0 Å². The highest BCUT2D eigenvalue weighted by atomic mass is 32.2. The van der Waals surface area contributed by atoms with Crippen LogP contribution in [0.1, 0.15) is 35.7 Å². The molecule has 6 nitrogen and oxygen atoms in total. The van der Waals surface area contributed by atoms with Gasteiger partial charge in [-0.1, -0.05) is 19.4 Å². The summed E-state index contributed by atoms with van der Waals surface area (Å²) < 4.78 is 35.7. The third-order valence-corrected chi connectivity index (χ3v) is 4.34. The first kappa shape index (κ1) is 17.5. The summed E-state index contributed by atoms with van der Waals surface area (Å²) in [5, 5.41) is 0. The van der Waals surface area contributed by atoms with Crippen molar-refractivity contribution in [3.8, 4) is 5.75 Å². The van der Waals surface area contributed by atoms with E-state index in [1.54, 1.807) is 18.2 Å². The number of benzene rings is 1. The van der Waals surface area contributed by atoms with E-state index < -0.39 is 16.0 Å². The van der Waals surface area contributed by atoms with E-state index >= 15 is 0 Å². The Morgan fingerprint density at radius 2 is 2.00 bits per heavy atom. The van der Waals surface area contributed by atoms with E-state index in [4.69, 9.17) is 4.74 Å². The summed E-state index contributed by atoms with van der Waals surface area (Å²) in [6, 6.07) is 4.88. The average molecular weight is 315 g/mol. The summed E-state index contributed by atoms with van der Waals surface area (Å²) in [6.07, 6.45) is 1.43. The molecule has 0 saturated carbocycles. The zero-order chi connectivity index (χ0) is 15.9. The summed E-state index contributed by atoms with van der Waals surface area (Å²) in [5.74, 6) is -0.0363. The van der Waals surface area contributed by atoms with Gasteiger partial charge in [-0.2, -0.15) is 0 Å². The second kappa shape index (κ2) is 7.99. The van der Waals surface area contributed by atoms with Gasteiger partial charge in [0.05, 0.1) is 20.0 Å². The van der Waals surface area contributed by atoms with E-state index in [1.807, 2.05) is 6.92 Å². The van der Waals surface area contributed by atoms with Gasteiger partial charge < -0.3 is 9.47 Å². The van der Waals surface area contributed by atoms with Crippen LogP contribution in [0.5, 0.6) is 5.75 Å². The second-order valence-electron chi connectivity index (χ2n) is 4.52. The number of hydrogen-bond acceptors (Lipinski definition) is 5. The first-order chi connectivity index (χ1) is 9.93. The number of nitrogens with one attached hydrogen (secondary N) is 1. The Morgan fingerprint density at radius 3 is 2.57 bits per heavy atom. The van der Waals surface area contributed by atoms with E-state index in [-0.39, 0.29) is 17.9 Å². The molecule has 0 aliphatic carbocycles. The molecule has 0 saturated heterocycles. The van der Waals surface area contributed by atoms with Crippen LogP contribution in [0.4, 0.5) is 0 Å². The Kier molecular flexibility index (Phi) is 6.64. The van der Waals surface area contributed by atoms with Crippen LogP contribution in [0.25, 0.3) is 0 Å². The predicted octanol–water partition coefficient (Wildman–Crippen LogP) is 1.70. The molecular formula is C14H21NO5S. The molecule has 0 unspecified atom stereocenters. The van der Waals surface area contributed by atoms with Gasteiger partial charge in [-0.05, 0) is 24.1 Å². The van der Waals surface area contributed by atoms with Gasteiger partial charge in [-0.15, -0.1) is 0 Å². The summed E-state index contributed by atoms with van der Waals surface area (Å²) in [5.41, 5.74) is 0.932. The van der Waals surface area contributed by atoms with Crippen LogP contribution in [0, 0.1) is 0 Å².